The van der Waals surface area contributed by atoms with Crippen LogP contribution in [0.3, 0.4) is 0 Å². The van der Waals surface area contributed by atoms with Crippen LogP contribution in [0.2, 0.25) is 0 Å². The second kappa shape index (κ2) is 4.58. The fourth-order valence-electron chi connectivity index (χ4n) is 5.71. The van der Waals surface area contributed by atoms with Gasteiger partial charge in [0.15, 0.2) is 6.29 Å². The average molecular weight is 301 g/mol. The Kier molecular flexibility index (Phi) is 3.16. The molecule has 0 radical (unpaired) electrons. The van der Waals surface area contributed by atoms with Gasteiger partial charge in [-0.05, 0) is 63.7 Å². The number of alkyl halides is 1. The quantitative estimate of drug-likeness (QED) is 0.745. The van der Waals surface area contributed by atoms with E-state index in [9.17, 15) is 0 Å². The summed E-state index contributed by atoms with van der Waals surface area (Å²) in [6.07, 6.45) is 5.91. The number of hydrogen-bond donors (Lipinski definition) is 0. The molecule has 0 N–H and O–H groups in total. The molecule has 3 nitrogen and oxygen atoms in total. The van der Waals surface area contributed by atoms with Gasteiger partial charge >= 0.3 is 0 Å². The standard InChI is InChI=1S/C16H25ClO3/c1-3-18-13-14(19-4-2)20-16(13)11-5-10-6-12(16)9-15(17,7-10)8-11/h10-14H,3-9H2,1-2H3/t10?,11-,12+,13-,14-,15?,16?/m1/s1. The molecule has 4 aliphatic carbocycles. The molecule has 0 aromatic rings. The normalized spacial score (nSPS) is 56.2. The van der Waals surface area contributed by atoms with Crippen LogP contribution in [0.15, 0.2) is 0 Å². The molecule has 4 heteroatoms. The van der Waals surface area contributed by atoms with Crippen molar-refractivity contribution < 1.29 is 14.2 Å². The van der Waals surface area contributed by atoms with Gasteiger partial charge in [-0.15, -0.1) is 11.6 Å². The molecule has 5 aliphatic rings. The monoisotopic (exact) mass is 300 g/mol. The number of ether oxygens (including phenoxy) is 3. The van der Waals surface area contributed by atoms with E-state index in [4.69, 9.17) is 25.8 Å². The minimum absolute atomic E-state index is 0.0541. The third-order valence-corrected chi connectivity index (χ3v) is 6.54. The molecule has 3 unspecified atom stereocenters. The molecule has 20 heavy (non-hydrogen) atoms. The lowest BCUT2D eigenvalue weighted by molar-refractivity contribution is -0.427. The van der Waals surface area contributed by atoms with Crippen molar-refractivity contribution in [2.24, 2.45) is 17.8 Å². The van der Waals surface area contributed by atoms with Gasteiger partial charge in [0.1, 0.15) is 11.7 Å². The van der Waals surface area contributed by atoms with Crippen molar-refractivity contribution >= 4 is 11.6 Å². The van der Waals surface area contributed by atoms with Gasteiger partial charge in [-0.25, -0.2) is 0 Å². The van der Waals surface area contributed by atoms with Gasteiger partial charge in [0.2, 0.25) is 0 Å². The minimum Gasteiger partial charge on any atom is -0.370 e. The molecular formula is C16H25ClO3. The second-order valence-electron chi connectivity index (χ2n) is 7.17. The smallest absolute Gasteiger partial charge is 0.187 e. The molecule has 1 spiro atoms. The zero-order chi connectivity index (χ0) is 14.0. The summed E-state index contributed by atoms with van der Waals surface area (Å²) in [5, 5.41) is 0. The largest absolute Gasteiger partial charge is 0.370 e. The van der Waals surface area contributed by atoms with E-state index in [1.54, 1.807) is 0 Å². The number of rotatable bonds is 4. The molecular weight excluding hydrogens is 276 g/mol. The Morgan fingerprint density at radius 3 is 2.25 bits per heavy atom. The maximum atomic E-state index is 6.83. The molecule has 1 heterocycles. The molecule has 5 fully saturated rings. The molecule has 4 saturated carbocycles. The number of hydrogen-bond acceptors (Lipinski definition) is 3. The summed E-state index contributed by atoms with van der Waals surface area (Å²) in [6, 6.07) is 0. The molecule has 5 rings (SSSR count). The number of halogens is 1. The van der Waals surface area contributed by atoms with Gasteiger partial charge in [0.25, 0.3) is 0 Å². The van der Waals surface area contributed by atoms with Crippen LogP contribution in [0.1, 0.15) is 46.0 Å². The molecule has 4 bridgehead atoms. The lowest BCUT2D eigenvalue weighted by atomic mass is 9.47. The maximum Gasteiger partial charge on any atom is 0.187 e. The summed E-state index contributed by atoms with van der Waals surface area (Å²) in [6.45, 7) is 5.49. The molecule has 0 amide bonds. The fourth-order valence-corrected chi connectivity index (χ4v) is 6.30. The Hall–Kier alpha value is 0.170. The van der Waals surface area contributed by atoms with Crippen LogP contribution >= 0.6 is 11.6 Å². The Balaban J connectivity index is 1.61. The Labute approximate surface area is 126 Å². The van der Waals surface area contributed by atoms with Crippen LogP contribution in [0.4, 0.5) is 0 Å². The van der Waals surface area contributed by atoms with Gasteiger partial charge in [-0.2, -0.15) is 0 Å². The first-order chi connectivity index (χ1) is 9.61. The van der Waals surface area contributed by atoms with Crippen LogP contribution in [-0.2, 0) is 14.2 Å². The summed E-state index contributed by atoms with van der Waals surface area (Å²) in [5.41, 5.74) is -0.0921. The van der Waals surface area contributed by atoms with E-state index < -0.39 is 0 Å². The highest BCUT2D eigenvalue weighted by Crippen LogP contribution is 2.67. The highest BCUT2D eigenvalue weighted by Gasteiger charge is 2.72. The molecule has 7 atom stereocenters. The van der Waals surface area contributed by atoms with Gasteiger partial charge in [0, 0.05) is 18.1 Å². The summed E-state index contributed by atoms with van der Waals surface area (Å²) in [7, 11) is 0. The fraction of sp³-hybridized carbons (Fsp3) is 1.00. The summed E-state index contributed by atoms with van der Waals surface area (Å²) in [5.74, 6) is 1.95. The molecule has 1 saturated heterocycles. The SMILES string of the molecule is CCO[C@@H]1OC2([C@@H]3CC4C[C@H]2CC(Cl)(C4)C3)[C@@H]1OCC. The van der Waals surface area contributed by atoms with Crippen molar-refractivity contribution in [1.82, 2.24) is 0 Å². The van der Waals surface area contributed by atoms with E-state index in [0.717, 1.165) is 25.4 Å². The van der Waals surface area contributed by atoms with E-state index in [1.165, 1.54) is 19.3 Å². The zero-order valence-corrected chi connectivity index (χ0v) is 13.2. The highest BCUT2D eigenvalue weighted by atomic mass is 35.5. The summed E-state index contributed by atoms with van der Waals surface area (Å²) >= 11 is 6.83. The van der Waals surface area contributed by atoms with E-state index in [-0.39, 0.29) is 22.9 Å². The van der Waals surface area contributed by atoms with Gasteiger partial charge < -0.3 is 14.2 Å². The van der Waals surface area contributed by atoms with E-state index in [2.05, 4.69) is 6.92 Å². The predicted molar refractivity (Wildman–Crippen MR) is 76.8 cm³/mol. The summed E-state index contributed by atoms with van der Waals surface area (Å²) < 4.78 is 18.1. The van der Waals surface area contributed by atoms with Crippen LogP contribution in [0.25, 0.3) is 0 Å². The second-order valence-corrected chi connectivity index (χ2v) is 7.97. The van der Waals surface area contributed by atoms with Gasteiger partial charge in [0.05, 0.1) is 0 Å². The molecule has 0 aromatic carbocycles. The van der Waals surface area contributed by atoms with E-state index in [0.29, 0.717) is 18.4 Å². The first kappa shape index (κ1) is 13.8. The topological polar surface area (TPSA) is 27.7 Å². The lowest BCUT2D eigenvalue weighted by Gasteiger charge is -2.70. The Morgan fingerprint density at radius 1 is 1.05 bits per heavy atom. The summed E-state index contributed by atoms with van der Waals surface area (Å²) in [4.78, 5) is 0.0541. The average Bonchev–Trinajstić information content (AvgIpc) is 2.37. The molecule has 1 aliphatic heterocycles. The Morgan fingerprint density at radius 2 is 1.70 bits per heavy atom. The maximum absolute atomic E-state index is 6.83. The van der Waals surface area contributed by atoms with Crippen molar-refractivity contribution in [3.8, 4) is 0 Å². The third kappa shape index (κ3) is 1.70. The van der Waals surface area contributed by atoms with Crippen molar-refractivity contribution in [2.45, 2.75) is 68.8 Å². The zero-order valence-electron chi connectivity index (χ0n) is 12.4. The van der Waals surface area contributed by atoms with Crippen molar-refractivity contribution in [2.75, 3.05) is 13.2 Å². The van der Waals surface area contributed by atoms with Crippen molar-refractivity contribution in [3.63, 3.8) is 0 Å². The first-order valence-electron chi connectivity index (χ1n) is 8.21. The van der Waals surface area contributed by atoms with Crippen LogP contribution in [0.5, 0.6) is 0 Å². The van der Waals surface area contributed by atoms with Gasteiger partial charge in [-0.3, -0.25) is 0 Å². The molecule has 114 valence electrons. The van der Waals surface area contributed by atoms with E-state index in [1.807, 2.05) is 6.92 Å². The molecule has 0 aromatic heterocycles. The third-order valence-electron chi connectivity index (χ3n) is 6.08. The Bertz CT molecular complexity index is 383. The van der Waals surface area contributed by atoms with Crippen LogP contribution < -0.4 is 0 Å². The van der Waals surface area contributed by atoms with E-state index >= 15 is 0 Å². The first-order valence-corrected chi connectivity index (χ1v) is 8.59. The minimum atomic E-state index is -0.163. The van der Waals surface area contributed by atoms with Gasteiger partial charge in [-0.1, -0.05) is 0 Å². The van der Waals surface area contributed by atoms with Crippen molar-refractivity contribution in [1.29, 1.82) is 0 Å². The predicted octanol–water partition coefficient (Wildman–Crippen LogP) is 3.34. The lowest BCUT2D eigenvalue weighted by Crippen LogP contribution is -2.78. The highest BCUT2D eigenvalue weighted by molar-refractivity contribution is 6.24. The van der Waals surface area contributed by atoms with Crippen molar-refractivity contribution in [3.05, 3.63) is 0 Å². The van der Waals surface area contributed by atoms with Crippen LogP contribution in [-0.4, -0.2) is 36.1 Å². The van der Waals surface area contributed by atoms with Crippen LogP contribution in [0, 0.1) is 17.8 Å².